The predicted octanol–water partition coefficient (Wildman–Crippen LogP) is 5.38. The van der Waals surface area contributed by atoms with Crippen LogP contribution >= 0.6 is 0 Å². The molecular weight excluding hydrogens is 180 g/mol. The van der Waals surface area contributed by atoms with E-state index in [4.69, 9.17) is 0 Å². The van der Waals surface area contributed by atoms with E-state index in [1.54, 1.807) is 0 Å². The maximum atomic E-state index is 2.43. The fourth-order valence-corrected chi connectivity index (χ4v) is 2.07. The molecule has 0 saturated heterocycles. The van der Waals surface area contributed by atoms with E-state index in [9.17, 15) is 0 Å². The SMILES string of the molecule is CCC(C)C(C)CC(C)C(C)(C)C(C)C. The van der Waals surface area contributed by atoms with Crippen LogP contribution in [0.1, 0.15) is 68.2 Å². The molecule has 0 aliphatic rings. The van der Waals surface area contributed by atoms with E-state index in [0.717, 1.165) is 23.7 Å². The molecule has 0 heterocycles. The molecule has 0 spiro atoms. The van der Waals surface area contributed by atoms with Crippen LogP contribution in [0.3, 0.4) is 0 Å². The van der Waals surface area contributed by atoms with Crippen molar-refractivity contribution in [1.82, 2.24) is 0 Å². The Morgan fingerprint density at radius 1 is 0.867 bits per heavy atom. The molecule has 0 fully saturated rings. The monoisotopic (exact) mass is 212 g/mol. The minimum atomic E-state index is 0.474. The van der Waals surface area contributed by atoms with E-state index in [1.807, 2.05) is 0 Å². The highest BCUT2D eigenvalue weighted by molar-refractivity contribution is 4.80. The van der Waals surface area contributed by atoms with Crippen LogP contribution in [0.4, 0.5) is 0 Å². The number of hydrogen-bond acceptors (Lipinski definition) is 0. The van der Waals surface area contributed by atoms with Crippen LogP contribution in [0.25, 0.3) is 0 Å². The molecule has 0 aromatic rings. The molecule has 0 N–H and O–H groups in total. The Bertz CT molecular complexity index is 167. The fraction of sp³-hybridized carbons (Fsp3) is 1.00. The average molecular weight is 212 g/mol. The molecular formula is C15H32. The van der Waals surface area contributed by atoms with Gasteiger partial charge < -0.3 is 0 Å². The second kappa shape index (κ2) is 5.92. The fourth-order valence-electron chi connectivity index (χ4n) is 2.07. The second-order valence-electron chi connectivity index (χ2n) is 6.48. The topological polar surface area (TPSA) is 0 Å². The number of rotatable bonds is 6. The molecule has 0 rings (SSSR count). The minimum Gasteiger partial charge on any atom is -0.0651 e. The summed E-state index contributed by atoms with van der Waals surface area (Å²) in [5, 5.41) is 0. The van der Waals surface area contributed by atoms with Gasteiger partial charge in [-0.3, -0.25) is 0 Å². The maximum absolute atomic E-state index is 2.43. The summed E-state index contributed by atoms with van der Waals surface area (Å²) in [5.74, 6) is 3.33. The van der Waals surface area contributed by atoms with E-state index in [2.05, 4.69) is 55.4 Å². The Hall–Kier alpha value is 0. The van der Waals surface area contributed by atoms with E-state index in [0.29, 0.717) is 5.41 Å². The Balaban J connectivity index is 4.29. The Kier molecular flexibility index (Phi) is 5.92. The van der Waals surface area contributed by atoms with E-state index in [-0.39, 0.29) is 0 Å². The molecule has 3 unspecified atom stereocenters. The van der Waals surface area contributed by atoms with Gasteiger partial charge in [-0.25, -0.2) is 0 Å². The lowest BCUT2D eigenvalue weighted by atomic mass is 9.68. The van der Waals surface area contributed by atoms with Gasteiger partial charge in [0.15, 0.2) is 0 Å². The molecule has 0 heteroatoms. The molecule has 15 heavy (non-hydrogen) atoms. The smallest absolute Gasteiger partial charge is 0.0305 e. The Morgan fingerprint density at radius 3 is 1.67 bits per heavy atom. The molecule has 92 valence electrons. The van der Waals surface area contributed by atoms with Crippen molar-refractivity contribution in [2.45, 2.75) is 68.2 Å². The summed E-state index contributed by atoms with van der Waals surface area (Å²) >= 11 is 0. The second-order valence-corrected chi connectivity index (χ2v) is 6.48. The molecule has 3 atom stereocenters. The van der Waals surface area contributed by atoms with Crippen LogP contribution in [0.15, 0.2) is 0 Å². The van der Waals surface area contributed by atoms with Crippen molar-refractivity contribution in [3.8, 4) is 0 Å². The van der Waals surface area contributed by atoms with Crippen molar-refractivity contribution in [1.29, 1.82) is 0 Å². The van der Waals surface area contributed by atoms with Gasteiger partial charge in [-0.05, 0) is 35.5 Å². The summed E-state index contributed by atoms with van der Waals surface area (Å²) < 4.78 is 0. The summed E-state index contributed by atoms with van der Waals surface area (Å²) in [5.41, 5.74) is 0.474. The molecule has 0 bridgehead atoms. The molecule has 0 radical (unpaired) electrons. The first-order valence-corrected chi connectivity index (χ1v) is 6.73. The highest BCUT2D eigenvalue weighted by Crippen LogP contribution is 2.39. The molecule has 0 nitrogen and oxygen atoms in total. The predicted molar refractivity (Wildman–Crippen MR) is 71.0 cm³/mol. The summed E-state index contributed by atoms with van der Waals surface area (Å²) in [4.78, 5) is 0. The van der Waals surface area contributed by atoms with Crippen LogP contribution in [-0.2, 0) is 0 Å². The van der Waals surface area contributed by atoms with Crippen molar-refractivity contribution in [2.24, 2.45) is 29.1 Å². The van der Waals surface area contributed by atoms with E-state index < -0.39 is 0 Å². The van der Waals surface area contributed by atoms with Crippen molar-refractivity contribution in [2.75, 3.05) is 0 Å². The van der Waals surface area contributed by atoms with Gasteiger partial charge >= 0.3 is 0 Å². The number of hydrogen-bond donors (Lipinski definition) is 0. The minimum absolute atomic E-state index is 0.474. The van der Waals surface area contributed by atoms with Gasteiger partial charge in [0, 0.05) is 0 Å². The van der Waals surface area contributed by atoms with Gasteiger partial charge in [0.2, 0.25) is 0 Å². The molecule has 0 saturated carbocycles. The zero-order valence-corrected chi connectivity index (χ0v) is 12.2. The molecule has 0 aromatic carbocycles. The van der Waals surface area contributed by atoms with Crippen molar-refractivity contribution in [3.63, 3.8) is 0 Å². The van der Waals surface area contributed by atoms with Gasteiger partial charge in [0.1, 0.15) is 0 Å². The molecule has 0 aromatic heterocycles. The normalized spacial score (nSPS) is 19.0. The highest BCUT2D eigenvalue weighted by atomic mass is 14.4. The first kappa shape index (κ1) is 15.0. The van der Waals surface area contributed by atoms with Crippen molar-refractivity contribution >= 4 is 0 Å². The van der Waals surface area contributed by atoms with Gasteiger partial charge in [0.25, 0.3) is 0 Å². The quantitative estimate of drug-likeness (QED) is 0.554. The van der Waals surface area contributed by atoms with Crippen LogP contribution in [0.5, 0.6) is 0 Å². The van der Waals surface area contributed by atoms with Crippen molar-refractivity contribution < 1.29 is 0 Å². The third-order valence-corrected chi connectivity index (χ3v) is 5.10. The summed E-state index contributed by atoms with van der Waals surface area (Å²) in [6.45, 7) is 19.1. The van der Waals surface area contributed by atoms with Gasteiger partial charge in [-0.1, -0.05) is 61.8 Å². The average Bonchev–Trinajstić information content (AvgIpc) is 2.15. The zero-order chi connectivity index (χ0) is 12.2. The maximum Gasteiger partial charge on any atom is -0.0305 e. The lowest BCUT2D eigenvalue weighted by molar-refractivity contribution is 0.118. The Labute approximate surface area is 97.8 Å². The van der Waals surface area contributed by atoms with Gasteiger partial charge in [-0.15, -0.1) is 0 Å². The molecule has 0 aliphatic heterocycles. The van der Waals surface area contributed by atoms with Gasteiger partial charge in [0.05, 0.1) is 0 Å². The zero-order valence-electron chi connectivity index (χ0n) is 12.2. The standard InChI is InChI=1S/C15H32/c1-9-12(4)13(5)10-14(6)15(7,8)11(2)3/h11-14H,9-10H2,1-8H3. The lowest BCUT2D eigenvalue weighted by Crippen LogP contribution is -2.29. The summed E-state index contributed by atoms with van der Waals surface area (Å²) in [6, 6.07) is 0. The molecule has 0 aliphatic carbocycles. The molecule has 0 amide bonds. The first-order chi connectivity index (χ1) is 6.73. The van der Waals surface area contributed by atoms with Crippen molar-refractivity contribution in [3.05, 3.63) is 0 Å². The van der Waals surface area contributed by atoms with E-state index in [1.165, 1.54) is 12.8 Å². The van der Waals surface area contributed by atoms with Crippen LogP contribution in [0.2, 0.25) is 0 Å². The summed E-state index contributed by atoms with van der Waals surface area (Å²) in [6.07, 6.45) is 2.69. The Morgan fingerprint density at radius 2 is 1.33 bits per heavy atom. The third kappa shape index (κ3) is 4.17. The highest BCUT2D eigenvalue weighted by Gasteiger charge is 2.30. The first-order valence-electron chi connectivity index (χ1n) is 6.73. The largest absolute Gasteiger partial charge is 0.0651 e. The lowest BCUT2D eigenvalue weighted by Gasteiger charge is -2.38. The third-order valence-electron chi connectivity index (χ3n) is 5.10. The van der Waals surface area contributed by atoms with Crippen LogP contribution in [-0.4, -0.2) is 0 Å². The van der Waals surface area contributed by atoms with Gasteiger partial charge in [-0.2, -0.15) is 0 Å². The van der Waals surface area contributed by atoms with E-state index >= 15 is 0 Å². The van der Waals surface area contributed by atoms with Crippen LogP contribution < -0.4 is 0 Å². The summed E-state index contributed by atoms with van der Waals surface area (Å²) in [7, 11) is 0. The van der Waals surface area contributed by atoms with Crippen LogP contribution in [0, 0.1) is 29.1 Å².